The molecule has 0 aliphatic heterocycles. The van der Waals surface area contributed by atoms with Gasteiger partial charge in [0.2, 0.25) is 5.13 Å². The Morgan fingerprint density at radius 2 is 2.00 bits per heavy atom. The maximum absolute atomic E-state index is 6.10. The molecule has 98 valence electrons. The van der Waals surface area contributed by atoms with Crippen LogP contribution >= 0.6 is 11.5 Å². The molecule has 2 aromatic rings. The first-order valence-corrected chi connectivity index (χ1v) is 7.06. The minimum atomic E-state index is 0.332. The van der Waals surface area contributed by atoms with Gasteiger partial charge in [-0.25, -0.2) is 9.67 Å². The number of aryl methyl sites for hydroxylation is 1. The van der Waals surface area contributed by atoms with Crippen LogP contribution in [0.3, 0.4) is 0 Å². The van der Waals surface area contributed by atoms with Crippen molar-refractivity contribution in [3.63, 3.8) is 0 Å². The van der Waals surface area contributed by atoms with E-state index >= 15 is 0 Å². The fourth-order valence-electron chi connectivity index (χ4n) is 1.82. The van der Waals surface area contributed by atoms with Gasteiger partial charge in [0.25, 0.3) is 0 Å². The molecule has 0 aliphatic carbocycles. The molecule has 0 amide bonds. The molecule has 0 aliphatic rings. The Morgan fingerprint density at radius 1 is 1.28 bits per heavy atom. The molecule has 0 unspecified atom stereocenters. The number of nitrogens with two attached hydrogens (primary N) is 1. The van der Waals surface area contributed by atoms with Crippen LogP contribution in [-0.4, -0.2) is 19.1 Å². The fraction of sp³-hybridized carbons (Fsp3) is 0.583. The molecule has 0 spiro atoms. The molecule has 2 aromatic heterocycles. The highest BCUT2D eigenvalue weighted by atomic mass is 32.1. The zero-order valence-electron chi connectivity index (χ0n) is 11.3. The highest BCUT2D eigenvalue weighted by Crippen LogP contribution is 2.24. The van der Waals surface area contributed by atoms with Crippen molar-refractivity contribution in [2.45, 2.75) is 46.5 Å². The lowest BCUT2D eigenvalue weighted by Crippen LogP contribution is -2.03. The highest BCUT2D eigenvalue weighted by Gasteiger charge is 2.17. The van der Waals surface area contributed by atoms with Gasteiger partial charge in [-0.2, -0.15) is 9.47 Å². The van der Waals surface area contributed by atoms with Gasteiger partial charge >= 0.3 is 0 Å². The lowest BCUT2D eigenvalue weighted by atomic mass is 10.2. The summed E-state index contributed by atoms with van der Waals surface area (Å²) in [6.45, 7) is 8.30. The Bertz CT molecular complexity index is 541. The van der Waals surface area contributed by atoms with Crippen LogP contribution in [0.5, 0.6) is 0 Å². The van der Waals surface area contributed by atoms with Crippen molar-refractivity contribution in [2.75, 3.05) is 5.73 Å². The lowest BCUT2D eigenvalue weighted by molar-refractivity contribution is 0.757. The van der Waals surface area contributed by atoms with E-state index in [0.29, 0.717) is 5.92 Å². The molecule has 2 rings (SSSR count). The zero-order valence-corrected chi connectivity index (χ0v) is 12.1. The van der Waals surface area contributed by atoms with Crippen molar-refractivity contribution in [3.05, 3.63) is 17.2 Å². The molecule has 0 fully saturated rings. The number of rotatable bonds is 4. The van der Waals surface area contributed by atoms with Gasteiger partial charge in [0.05, 0.1) is 17.1 Å². The van der Waals surface area contributed by atoms with Crippen LogP contribution in [0.4, 0.5) is 5.69 Å². The summed E-state index contributed by atoms with van der Waals surface area (Å²) >= 11 is 1.38. The maximum Gasteiger partial charge on any atom is 0.230 e. The van der Waals surface area contributed by atoms with Gasteiger partial charge in [-0.15, -0.1) is 0 Å². The van der Waals surface area contributed by atoms with Gasteiger partial charge in [-0.3, -0.25) is 0 Å². The van der Waals surface area contributed by atoms with E-state index in [4.69, 9.17) is 5.73 Å². The van der Waals surface area contributed by atoms with Crippen molar-refractivity contribution in [1.29, 1.82) is 0 Å². The van der Waals surface area contributed by atoms with Gasteiger partial charge in [0.1, 0.15) is 5.82 Å². The predicted molar refractivity (Wildman–Crippen MR) is 74.3 cm³/mol. The minimum Gasteiger partial charge on any atom is -0.396 e. The number of hydrogen-bond donors (Lipinski definition) is 1. The summed E-state index contributed by atoms with van der Waals surface area (Å²) in [7, 11) is 0. The summed E-state index contributed by atoms with van der Waals surface area (Å²) in [6.07, 6.45) is 1.68. The van der Waals surface area contributed by atoms with E-state index in [2.05, 4.69) is 42.2 Å². The summed E-state index contributed by atoms with van der Waals surface area (Å²) in [4.78, 5) is 4.53. The predicted octanol–water partition coefficient (Wildman–Crippen LogP) is 2.55. The normalized spacial score (nSPS) is 11.4. The molecular formula is C12H19N5S. The molecule has 0 aromatic carbocycles. The maximum atomic E-state index is 6.10. The fourth-order valence-corrected chi connectivity index (χ4v) is 2.61. The van der Waals surface area contributed by atoms with Crippen LogP contribution < -0.4 is 5.73 Å². The SMILES string of the molecule is CCc1nn(-c2nc(C(C)C)ns2)c(CC)c1N. The average molecular weight is 265 g/mol. The molecule has 0 radical (unpaired) electrons. The van der Waals surface area contributed by atoms with Crippen LogP contribution in [0.15, 0.2) is 0 Å². The number of nitrogen functional groups attached to an aromatic ring is 1. The number of nitrogens with zero attached hydrogens (tertiary/aromatic N) is 4. The summed E-state index contributed by atoms with van der Waals surface area (Å²) in [5, 5.41) is 5.35. The first-order chi connectivity index (χ1) is 8.58. The second-order valence-corrected chi connectivity index (χ2v) is 5.25. The first kappa shape index (κ1) is 13.0. The zero-order chi connectivity index (χ0) is 13.3. The minimum absolute atomic E-state index is 0.332. The van der Waals surface area contributed by atoms with E-state index in [1.165, 1.54) is 11.5 Å². The van der Waals surface area contributed by atoms with Crippen molar-refractivity contribution in [1.82, 2.24) is 19.1 Å². The quantitative estimate of drug-likeness (QED) is 0.922. The van der Waals surface area contributed by atoms with Gasteiger partial charge in [-0.05, 0) is 12.8 Å². The molecule has 6 heteroatoms. The third-order valence-corrected chi connectivity index (χ3v) is 3.60. The van der Waals surface area contributed by atoms with Gasteiger partial charge < -0.3 is 5.73 Å². The summed E-state index contributed by atoms with van der Waals surface area (Å²) in [6, 6.07) is 0. The van der Waals surface area contributed by atoms with Gasteiger partial charge in [0.15, 0.2) is 0 Å². The Morgan fingerprint density at radius 3 is 2.50 bits per heavy atom. The van der Waals surface area contributed by atoms with Crippen molar-refractivity contribution in [3.8, 4) is 5.13 Å². The number of anilines is 1. The molecule has 0 saturated heterocycles. The highest BCUT2D eigenvalue weighted by molar-refractivity contribution is 7.08. The van der Waals surface area contributed by atoms with Crippen LogP contribution in [-0.2, 0) is 12.8 Å². The Hall–Kier alpha value is -1.43. The Labute approximate surface area is 111 Å². The summed E-state index contributed by atoms with van der Waals surface area (Å²) in [5.74, 6) is 1.20. The van der Waals surface area contributed by atoms with Crippen molar-refractivity contribution < 1.29 is 0 Å². The van der Waals surface area contributed by atoms with Crippen LogP contribution in [0.25, 0.3) is 5.13 Å². The Kier molecular flexibility index (Phi) is 3.65. The number of aromatic nitrogens is 4. The van der Waals surface area contributed by atoms with E-state index in [0.717, 1.165) is 40.9 Å². The van der Waals surface area contributed by atoms with E-state index in [9.17, 15) is 0 Å². The topological polar surface area (TPSA) is 69.6 Å². The monoisotopic (exact) mass is 265 g/mol. The summed E-state index contributed by atoms with van der Waals surface area (Å²) in [5.41, 5.74) is 8.86. The average Bonchev–Trinajstić information content (AvgIpc) is 2.93. The molecule has 2 N–H and O–H groups in total. The van der Waals surface area contributed by atoms with Gasteiger partial charge in [0, 0.05) is 17.5 Å². The molecule has 18 heavy (non-hydrogen) atoms. The smallest absolute Gasteiger partial charge is 0.230 e. The Balaban J connectivity index is 2.49. The second-order valence-electron chi connectivity index (χ2n) is 4.52. The van der Waals surface area contributed by atoms with Crippen LogP contribution in [0.1, 0.15) is 50.8 Å². The third kappa shape index (κ3) is 2.12. The standard InChI is InChI=1S/C12H19N5S/c1-5-8-10(13)9(6-2)17(15-8)12-14-11(7(3)4)16-18-12/h7H,5-6,13H2,1-4H3. The molecule has 0 saturated carbocycles. The van der Waals surface area contributed by atoms with Crippen molar-refractivity contribution >= 4 is 17.2 Å². The van der Waals surface area contributed by atoms with E-state index in [1.807, 2.05) is 4.68 Å². The van der Waals surface area contributed by atoms with Crippen LogP contribution in [0, 0.1) is 0 Å². The molecule has 0 atom stereocenters. The van der Waals surface area contributed by atoms with Gasteiger partial charge in [-0.1, -0.05) is 27.7 Å². The first-order valence-electron chi connectivity index (χ1n) is 6.28. The van der Waals surface area contributed by atoms with E-state index < -0.39 is 0 Å². The van der Waals surface area contributed by atoms with Crippen molar-refractivity contribution in [2.24, 2.45) is 0 Å². The molecule has 2 heterocycles. The van der Waals surface area contributed by atoms with E-state index in [-0.39, 0.29) is 0 Å². The largest absolute Gasteiger partial charge is 0.396 e. The number of hydrogen-bond acceptors (Lipinski definition) is 5. The van der Waals surface area contributed by atoms with E-state index in [1.54, 1.807) is 0 Å². The van der Waals surface area contributed by atoms with Crippen LogP contribution in [0.2, 0.25) is 0 Å². The molecule has 0 bridgehead atoms. The third-order valence-electron chi connectivity index (χ3n) is 2.90. The summed E-state index contributed by atoms with van der Waals surface area (Å²) < 4.78 is 6.21. The second kappa shape index (κ2) is 5.06. The lowest BCUT2D eigenvalue weighted by Gasteiger charge is -2.01. The molecule has 5 nitrogen and oxygen atoms in total. The molecular weight excluding hydrogens is 246 g/mol.